The zero-order chi connectivity index (χ0) is 19.1. The number of hydrogen-bond donors (Lipinski definition) is 1. The van der Waals surface area contributed by atoms with Gasteiger partial charge in [-0.25, -0.2) is 4.68 Å². The molecule has 2 heterocycles. The van der Waals surface area contributed by atoms with E-state index in [0.29, 0.717) is 10.7 Å². The minimum atomic E-state index is -0.211. The van der Waals surface area contributed by atoms with Gasteiger partial charge in [-0.05, 0) is 56.4 Å². The molecule has 1 unspecified atom stereocenters. The average Bonchev–Trinajstić information content (AvgIpc) is 3.21. The molecule has 1 aromatic carbocycles. The number of aryl methyl sites for hydroxylation is 3. The van der Waals surface area contributed by atoms with Crippen LogP contribution in [0.2, 0.25) is 5.02 Å². The molecule has 2 aromatic heterocycles. The van der Waals surface area contributed by atoms with E-state index in [9.17, 15) is 4.79 Å². The third kappa shape index (κ3) is 3.14. The Kier molecular flexibility index (Phi) is 4.52. The molecule has 0 radical (unpaired) electrons. The maximum atomic E-state index is 12.7. The Bertz CT molecular complexity index is 1000. The van der Waals surface area contributed by atoms with Crippen molar-refractivity contribution in [3.8, 4) is 5.69 Å². The number of hydrogen-bond acceptors (Lipinski definition) is 3. The van der Waals surface area contributed by atoms with Crippen LogP contribution >= 0.6 is 11.6 Å². The molecular weight excluding hydrogens is 362 g/mol. The van der Waals surface area contributed by atoms with Gasteiger partial charge < -0.3 is 5.32 Å². The van der Waals surface area contributed by atoms with Crippen LogP contribution < -0.4 is 5.32 Å². The lowest BCUT2D eigenvalue weighted by atomic mass is 9.92. The first-order valence-electron chi connectivity index (χ1n) is 9.08. The highest BCUT2D eigenvalue weighted by molar-refractivity contribution is 6.33. The number of rotatable bonds is 3. The monoisotopic (exact) mass is 383 g/mol. The molecule has 6 nitrogen and oxygen atoms in total. The molecule has 1 N–H and O–H groups in total. The first-order valence-corrected chi connectivity index (χ1v) is 9.46. The standard InChI is InChI=1S/C20H22ClN5O/c1-12-7-8-14(9-13(12)2)26-18-6-4-5-17(15(18)10-23-26)24-20(27)19-16(21)11-22-25(19)3/h7-11,17H,4-6H2,1-3H3,(H,24,27). The Morgan fingerprint density at radius 1 is 1.22 bits per heavy atom. The molecule has 0 bridgehead atoms. The summed E-state index contributed by atoms with van der Waals surface area (Å²) in [5.74, 6) is -0.211. The summed E-state index contributed by atoms with van der Waals surface area (Å²) in [7, 11) is 1.71. The number of halogens is 1. The number of carbonyl (C=O) groups is 1. The van der Waals surface area contributed by atoms with Crippen molar-refractivity contribution in [1.29, 1.82) is 0 Å². The van der Waals surface area contributed by atoms with Crippen molar-refractivity contribution in [3.63, 3.8) is 0 Å². The number of aromatic nitrogens is 4. The highest BCUT2D eigenvalue weighted by Gasteiger charge is 2.28. The van der Waals surface area contributed by atoms with Crippen molar-refractivity contribution in [2.75, 3.05) is 0 Å². The number of benzene rings is 1. The van der Waals surface area contributed by atoms with Gasteiger partial charge in [-0.3, -0.25) is 9.48 Å². The third-order valence-electron chi connectivity index (χ3n) is 5.33. The van der Waals surface area contributed by atoms with Gasteiger partial charge in [0.2, 0.25) is 0 Å². The fraction of sp³-hybridized carbons (Fsp3) is 0.350. The fourth-order valence-electron chi connectivity index (χ4n) is 3.68. The molecule has 27 heavy (non-hydrogen) atoms. The van der Waals surface area contributed by atoms with Gasteiger partial charge in [-0.1, -0.05) is 17.7 Å². The van der Waals surface area contributed by atoms with Gasteiger partial charge in [-0.2, -0.15) is 10.2 Å². The summed E-state index contributed by atoms with van der Waals surface area (Å²) in [4.78, 5) is 12.7. The first-order chi connectivity index (χ1) is 13.0. The van der Waals surface area contributed by atoms with E-state index in [1.54, 1.807) is 7.05 Å². The molecule has 140 valence electrons. The number of nitrogens with one attached hydrogen (secondary N) is 1. The van der Waals surface area contributed by atoms with Crippen LogP contribution in [0.25, 0.3) is 5.69 Å². The van der Waals surface area contributed by atoms with Crippen LogP contribution in [-0.2, 0) is 13.5 Å². The van der Waals surface area contributed by atoms with E-state index in [1.807, 2.05) is 10.9 Å². The Morgan fingerprint density at radius 3 is 2.74 bits per heavy atom. The second-order valence-electron chi connectivity index (χ2n) is 7.11. The quantitative estimate of drug-likeness (QED) is 0.750. The Morgan fingerprint density at radius 2 is 2.04 bits per heavy atom. The topological polar surface area (TPSA) is 64.7 Å². The van der Waals surface area contributed by atoms with Crippen LogP contribution in [0.4, 0.5) is 0 Å². The summed E-state index contributed by atoms with van der Waals surface area (Å²) in [5.41, 5.74) is 6.17. The van der Waals surface area contributed by atoms with Crippen LogP contribution in [0.5, 0.6) is 0 Å². The molecule has 0 spiro atoms. The van der Waals surface area contributed by atoms with E-state index in [-0.39, 0.29) is 11.9 Å². The normalized spacial score (nSPS) is 16.2. The van der Waals surface area contributed by atoms with Crippen LogP contribution in [0.15, 0.2) is 30.6 Å². The molecule has 3 aromatic rings. The summed E-state index contributed by atoms with van der Waals surface area (Å²) in [6.45, 7) is 4.21. The molecule has 7 heteroatoms. The van der Waals surface area contributed by atoms with E-state index in [1.165, 1.54) is 22.0 Å². The van der Waals surface area contributed by atoms with Crippen molar-refractivity contribution >= 4 is 17.5 Å². The summed E-state index contributed by atoms with van der Waals surface area (Å²) in [5, 5.41) is 12.1. The fourth-order valence-corrected chi connectivity index (χ4v) is 3.93. The van der Waals surface area contributed by atoms with E-state index in [0.717, 1.165) is 36.2 Å². The molecule has 0 saturated heterocycles. The second-order valence-corrected chi connectivity index (χ2v) is 7.52. The lowest BCUT2D eigenvalue weighted by Gasteiger charge is -2.24. The molecule has 1 amide bonds. The molecule has 0 aliphatic heterocycles. The van der Waals surface area contributed by atoms with Crippen molar-refractivity contribution in [1.82, 2.24) is 24.9 Å². The van der Waals surface area contributed by atoms with Crippen LogP contribution in [0.1, 0.15) is 51.8 Å². The number of fused-ring (bicyclic) bond motifs is 1. The second kappa shape index (κ2) is 6.85. The summed E-state index contributed by atoms with van der Waals surface area (Å²) in [6, 6.07) is 6.28. The van der Waals surface area contributed by atoms with E-state index < -0.39 is 0 Å². The Hall–Kier alpha value is -2.60. The van der Waals surface area contributed by atoms with E-state index in [2.05, 4.69) is 47.6 Å². The maximum Gasteiger partial charge on any atom is 0.271 e. The Balaban J connectivity index is 1.64. The Labute approximate surface area is 163 Å². The molecule has 1 aliphatic carbocycles. The zero-order valence-electron chi connectivity index (χ0n) is 15.7. The number of carbonyl (C=O) groups excluding carboxylic acids is 1. The molecule has 1 aliphatic rings. The molecular formula is C20H22ClN5O. The zero-order valence-corrected chi connectivity index (χ0v) is 16.4. The lowest BCUT2D eigenvalue weighted by molar-refractivity contribution is 0.0923. The van der Waals surface area contributed by atoms with E-state index >= 15 is 0 Å². The summed E-state index contributed by atoms with van der Waals surface area (Å²) >= 11 is 6.11. The van der Waals surface area contributed by atoms with Gasteiger partial charge in [0.25, 0.3) is 5.91 Å². The highest BCUT2D eigenvalue weighted by Crippen LogP contribution is 2.32. The minimum Gasteiger partial charge on any atom is -0.344 e. The largest absolute Gasteiger partial charge is 0.344 e. The lowest BCUT2D eigenvalue weighted by Crippen LogP contribution is -2.32. The van der Waals surface area contributed by atoms with Crippen LogP contribution in [0.3, 0.4) is 0 Å². The van der Waals surface area contributed by atoms with Crippen LogP contribution in [0, 0.1) is 13.8 Å². The molecule has 0 saturated carbocycles. The summed E-state index contributed by atoms with van der Waals surface area (Å²) < 4.78 is 3.50. The minimum absolute atomic E-state index is 0.0764. The first kappa shape index (κ1) is 17.8. The van der Waals surface area contributed by atoms with Gasteiger partial charge >= 0.3 is 0 Å². The van der Waals surface area contributed by atoms with Crippen molar-refractivity contribution in [2.24, 2.45) is 7.05 Å². The molecule has 1 atom stereocenters. The van der Waals surface area contributed by atoms with Gasteiger partial charge in [0.05, 0.1) is 29.1 Å². The average molecular weight is 384 g/mol. The number of nitrogens with zero attached hydrogens (tertiary/aromatic N) is 4. The van der Waals surface area contributed by atoms with Crippen molar-refractivity contribution < 1.29 is 4.79 Å². The van der Waals surface area contributed by atoms with Crippen LogP contribution in [-0.4, -0.2) is 25.5 Å². The smallest absolute Gasteiger partial charge is 0.271 e. The van der Waals surface area contributed by atoms with E-state index in [4.69, 9.17) is 11.6 Å². The highest BCUT2D eigenvalue weighted by atomic mass is 35.5. The van der Waals surface area contributed by atoms with Crippen molar-refractivity contribution in [2.45, 2.75) is 39.2 Å². The van der Waals surface area contributed by atoms with Gasteiger partial charge in [0, 0.05) is 18.3 Å². The molecule has 4 rings (SSSR count). The predicted octanol–water partition coefficient (Wildman–Crippen LogP) is 3.68. The predicted molar refractivity (Wildman–Crippen MR) is 104 cm³/mol. The summed E-state index contributed by atoms with van der Waals surface area (Å²) in [6.07, 6.45) is 6.18. The van der Waals surface area contributed by atoms with Gasteiger partial charge in [0.1, 0.15) is 5.69 Å². The number of amides is 1. The molecule has 0 fully saturated rings. The third-order valence-corrected chi connectivity index (χ3v) is 5.61. The van der Waals surface area contributed by atoms with Crippen molar-refractivity contribution in [3.05, 3.63) is 63.7 Å². The SMILES string of the molecule is Cc1ccc(-n2ncc3c2CCCC3NC(=O)c2c(Cl)cnn2C)cc1C. The maximum absolute atomic E-state index is 12.7. The van der Waals surface area contributed by atoms with Gasteiger partial charge in [-0.15, -0.1) is 0 Å². The van der Waals surface area contributed by atoms with Gasteiger partial charge in [0.15, 0.2) is 0 Å².